The van der Waals surface area contributed by atoms with Crippen molar-refractivity contribution in [1.29, 1.82) is 0 Å². The number of nitrogens with one attached hydrogen (secondary N) is 1. The standard InChI is InChI=1S/C18H28N2O3/c1-4-5-10-19-18(21)13-20-11-6-7-16(20)15-12-14(22-2)8-9-17(15)23-3/h8-9,12,16H,4-7,10-11,13H2,1-3H3,(H,19,21). The molecule has 1 aromatic rings. The van der Waals surface area contributed by atoms with Gasteiger partial charge in [0.15, 0.2) is 0 Å². The van der Waals surface area contributed by atoms with Gasteiger partial charge in [-0.25, -0.2) is 0 Å². The maximum atomic E-state index is 12.1. The van der Waals surface area contributed by atoms with Crippen LogP contribution >= 0.6 is 0 Å². The molecule has 1 saturated heterocycles. The normalized spacial score (nSPS) is 18.0. The summed E-state index contributed by atoms with van der Waals surface area (Å²) in [6, 6.07) is 6.07. The minimum atomic E-state index is 0.104. The molecule has 1 aliphatic rings. The molecule has 1 N–H and O–H groups in total. The topological polar surface area (TPSA) is 50.8 Å². The van der Waals surface area contributed by atoms with Crippen LogP contribution in [0, 0.1) is 0 Å². The van der Waals surface area contributed by atoms with Crippen LogP contribution in [-0.4, -0.2) is 44.7 Å². The summed E-state index contributed by atoms with van der Waals surface area (Å²) >= 11 is 0. The Hall–Kier alpha value is -1.75. The molecule has 1 aromatic carbocycles. The molecule has 0 bridgehead atoms. The highest BCUT2D eigenvalue weighted by Crippen LogP contribution is 2.38. The van der Waals surface area contributed by atoms with E-state index < -0.39 is 0 Å². The number of rotatable bonds is 8. The Kier molecular flexibility index (Phi) is 6.71. The number of methoxy groups -OCH3 is 2. The van der Waals surface area contributed by atoms with Crippen LogP contribution in [0.4, 0.5) is 0 Å². The average Bonchev–Trinajstić information content (AvgIpc) is 3.02. The highest BCUT2D eigenvalue weighted by Gasteiger charge is 2.29. The van der Waals surface area contributed by atoms with Crippen molar-refractivity contribution in [1.82, 2.24) is 10.2 Å². The first-order valence-corrected chi connectivity index (χ1v) is 8.42. The number of benzene rings is 1. The molecule has 1 atom stereocenters. The monoisotopic (exact) mass is 320 g/mol. The maximum Gasteiger partial charge on any atom is 0.234 e. The summed E-state index contributed by atoms with van der Waals surface area (Å²) in [5.74, 6) is 1.78. The Morgan fingerprint density at radius 2 is 2.17 bits per heavy atom. The highest BCUT2D eigenvalue weighted by atomic mass is 16.5. The van der Waals surface area contributed by atoms with Gasteiger partial charge in [-0.2, -0.15) is 0 Å². The Balaban J connectivity index is 2.07. The number of ether oxygens (including phenoxy) is 2. The zero-order valence-electron chi connectivity index (χ0n) is 14.4. The van der Waals surface area contributed by atoms with Crippen molar-refractivity contribution >= 4 is 5.91 Å². The lowest BCUT2D eigenvalue weighted by molar-refractivity contribution is -0.122. The van der Waals surface area contributed by atoms with Crippen molar-refractivity contribution in [2.24, 2.45) is 0 Å². The van der Waals surface area contributed by atoms with Gasteiger partial charge in [-0.05, 0) is 44.0 Å². The third kappa shape index (κ3) is 4.61. The van der Waals surface area contributed by atoms with E-state index in [2.05, 4.69) is 17.1 Å². The van der Waals surface area contributed by atoms with E-state index in [0.29, 0.717) is 6.54 Å². The first-order valence-electron chi connectivity index (χ1n) is 8.42. The van der Waals surface area contributed by atoms with Crippen LogP contribution in [0.1, 0.15) is 44.2 Å². The van der Waals surface area contributed by atoms with Crippen molar-refractivity contribution in [2.75, 3.05) is 33.9 Å². The van der Waals surface area contributed by atoms with Crippen molar-refractivity contribution in [3.8, 4) is 11.5 Å². The third-order valence-corrected chi connectivity index (χ3v) is 4.36. The molecule has 1 unspecified atom stereocenters. The van der Waals surface area contributed by atoms with Gasteiger partial charge in [-0.1, -0.05) is 13.3 Å². The predicted molar refractivity (Wildman–Crippen MR) is 91.0 cm³/mol. The van der Waals surface area contributed by atoms with Gasteiger partial charge in [0.1, 0.15) is 11.5 Å². The van der Waals surface area contributed by atoms with Crippen molar-refractivity contribution in [2.45, 2.75) is 38.6 Å². The van der Waals surface area contributed by atoms with E-state index in [1.54, 1.807) is 14.2 Å². The number of amides is 1. The summed E-state index contributed by atoms with van der Waals surface area (Å²) in [6.07, 6.45) is 4.24. The first kappa shape index (κ1) is 17.6. The quantitative estimate of drug-likeness (QED) is 0.748. The molecule has 0 aliphatic carbocycles. The van der Waals surface area contributed by atoms with E-state index in [1.807, 2.05) is 18.2 Å². The molecular formula is C18H28N2O3. The fourth-order valence-corrected chi connectivity index (χ4v) is 3.11. The number of unbranched alkanes of at least 4 members (excludes halogenated alkanes) is 1. The van der Waals surface area contributed by atoms with E-state index in [9.17, 15) is 4.79 Å². The van der Waals surface area contributed by atoms with Crippen LogP contribution in [0.3, 0.4) is 0 Å². The van der Waals surface area contributed by atoms with E-state index in [0.717, 1.165) is 55.8 Å². The van der Waals surface area contributed by atoms with Crippen LogP contribution in [0.15, 0.2) is 18.2 Å². The zero-order chi connectivity index (χ0) is 16.7. The van der Waals surface area contributed by atoms with Gasteiger partial charge < -0.3 is 14.8 Å². The molecule has 128 valence electrons. The van der Waals surface area contributed by atoms with Crippen LogP contribution in [0.5, 0.6) is 11.5 Å². The molecule has 0 radical (unpaired) electrons. The molecule has 0 spiro atoms. The van der Waals surface area contributed by atoms with Crippen LogP contribution in [0.2, 0.25) is 0 Å². The molecule has 0 aromatic heterocycles. The molecule has 1 amide bonds. The number of hydrogen-bond donors (Lipinski definition) is 1. The van der Waals surface area contributed by atoms with Gasteiger partial charge in [0.25, 0.3) is 0 Å². The Bertz CT molecular complexity index is 519. The third-order valence-electron chi connectivity index (χ3n) is 4.36. The van der Waals surface area contributed by atoms with E-state index in [-0.39, 0.29) is 11.9 Å². The second-order valence-corrected chi connectivity index (χ2v) is 5.94. The van der Waals surface area contributed by atoms with Gasteiger partial charge >= 0.3 is 0 Å². The minimum absolute atomic E-state index is 0.104. The summed E-state index contributed by atoms with van der Waals surface area (Å²) in [6.45, 7) is 4.26. The van der Waals surface area contributed by atoms with Gasteiger partial charge in [0.05, 0.1) is 20.8 Å². The summed E-state index contributed by atoms with van der Waals surface area (Å²) in [5.41, 5.74) is 1.10. The molecule has 1 fully saturated rings. The molecule has 5 nitrogen and oxygen atoms in total. The molecule has 5 heteroatoms. The van der Waals surface area contributed by atoms with Gasteiger partial charge in [0, 0.05) is 18.2 Å². The van der Waals surface area contributed by atoms with Crippen molar-refractivity contribution in [3.05, 3.63) is 23.8 Å². The van der Waals surface area contributed by atoms with Crippen LogP contribution in [-0.2, 0) is 4.79 Å². The summed E-state index contributed by atoms with van der Waals surface area (Å²) < 4.78 is 10.8. The lowest BCUT2D eigenvalue weighted by Gasteiger charge is -2.26. The maximum absolute atomic E-state index is 12.1. The lowest BCUT2D eigenvalue weighted by Crippen LogP contribution is -2.37. The van der Waals surface area contributed by atoms with E-state index in [1.165, 1.54) is 0 Å². The Morgan fingerprint density at radius 1 is 1.35 bits per heavy atom. The molecule has 1 heterocycles. The van der Waals surface area contributed by atoms with Gasteiger partial charge in [-0.15, -0.1) is 0 Å². The second kappa shape index (κ2) is 8.77. The lowest BCUT2D eigenvalue weighted by atomic mass is 10.0. The van der Waals surface area contributed by atoms with Crippen molar-refractivity contribution in [3.63, 3.8) is 0 Å². The number of nitrogens with zero attached hydrogens (tertiary/aromatic N) is 1. The van der Waals surface area contributed by atoms with Gasteiger partial charge in [-0.3, -0.25) is 9.69 Å². The highest BCUT2D eigenvalue weighted by molar-refractivity contribution is 5.78. The average molecular weight is 320 g/mol. The predicted octanol–water partition coefficient (Wildman–Crippen LogP) is 2.76. The number of carbonyl (C=O) groups is 1. The molecule has 0 saturated carbocycles. The summed E-state index contributed by atoms with van der Waals surface area (Å²) in [7, 11) is 3.35. The summed E-state index contributed by atoms with van der Waals surface area (Å²) in [5, 5.41) is 3.00. The van der Waals surface area contributed by atoms with E-state index in [4.69, 9.17) is 9.47 Å². The minimum Gasteiger partial charge on any atom is -0.497 e. The van der Waals surface area contributed by atoms with E-state index >= 15 is 0 Å². The largest absolute Gasteiger partial charge is 0.497 e. The number of likely N-dealkylation sites (tertiary alicyclic amines) is 1. The molecule has 2 rings (SSSR count). The van der Waals surface area contributed by atoms with Crippen LogP contribution < -0.4 is 14.8 Å². The molecule has 23 heavy (non-hydrogen) atoms. The van der Waals surface area contributed by atoms with Gasteiger partial charge in [0.2, 0.25) is 5.91 Å². The summed E-state index contributed by atoms with van der Waals surface area (Å²) in [4.78, 5) is 14.4. The molecule has 1 aliphatic heterocycles. The zero-order valence-corrected chi connectivity index (χ0v) is 14.4. The van der Waals surface area contributed by atoms with Crippen LogP contribution in [0.25, 0.3) is 0 Å². The number of carbonyl (C=O) groups excluding carboxylic acids is 1. The number of hydrogen-bond acceptors (Lipinski definition) is 4. The Labute approximate surface area is 139 Å². The second-order valence-electron chi connectivity index (χ2n) is 5.94. The Morgan fingerprint density at radius 3 is 2.87 bits per heavy atom. The van der Waals surface area contributed by atoms with Crippen molar-refractivity contribution < 1.29 is 14.3 Å². The fraction of sp³-hybridized carbons (Fsp3) is 0.611. The first-order chi connectivity index (χ1) is 11.2. The SMILES string of the molecule is CCCCNC(=O)CN1CCCC1c1cc(OC)ccc1OC. The molecular weight excluding hydrogens is 292 g/mol. The smallest absolute Gasteiger partial charge is 0.234 e. The fourth-order valence-electron chi connectivity index (χ4n) is 3.11.